The zero-order valence-electron chi connectivity index (χ0n) is 10.9. The first-order chi connectivity index (χ1) is 9.47. The molecule has 2 aromatic rings. The van der Waals surface area contributed by atoms with Crippen LogP contribution in [0.25, 0.3) is 0 Å². The molecule has 0 aliphatic carbocycles. The van der Waals surface area contributed by atoms with Gasteiger partial charge in [-0.15, -0.1) is 0 Å². The minimum atomic E-state index is -0.410. The molecule has 20 heavy (non-hydrogen) atoms. The first-order valence-electron chi connectivity index (χ1n) is 6.09. The van der Waals surface area contributed by atoms with Crippen LogP contribution in [0.1, 0.15) is 32.7 Å². The molecular weight excluding hydrogens is 276 g/mol. The quantitative estimate of drug-likeness (QED) is 0.687. The molecule has 0 heterocycles. The first-order valence-corrected chi connectivity index (χ1v) is 6.47. The minimum absolute atomic E-state index is 0.103. The maximum Gasteiger partial charge on any atom is 0.174 e. The van der Waals surface area contributed by atoms with Crippen LogP contribution >= 0.6 is 11.6 Å². The summed E-state index contributed by atoms with van der Waals surface area (Å²) in [6.07, 6.45) is -0.295. The second kappa shape index (κ2) is 5.88. The topological polar surface area (TPSA) is 54.4 Å². The average molecular weight is 289 g/mol. The maximum atomic E-state index is 12.0. The lowest BCUT2D eigenvalue weighted by Gasteiger charge is -2.05. The van der Waals surface area contributed by atoms with Crippen LogP contribution in [0.4, 0.5) is 0 Å². The lowest BCUT2D eigenvalue weighted by Crippen LogP contribution is -2.09. The fraction of sp³-hybridized carbons (Fsp3) is 0.125. The number of hydrogen-bond acceptors (Lipinski definition) is 3. The van der Waals surface area contributed by atoms with Crippen molar-refractivity contribution in [3.63, 3.8) is 0 Å². The number of Topliss-reactive ketones (excluding diaryl/α,β-unsaturated/α-hetero) is 2. The first kappa shape index (κ1) is 14.3. The van der Waals surface area contributed by atoms with Crippen LogP contribution in [-0.4, -0.2) is 16.7 Å². The summed E-state index contributed by atoms with van der Waals surface area (Å²) >= 11 is 5.81. The Morgan fingerprint density at radius 2 is 1.85 bits per heavy atom. The van der Waals surface area contributed by atoms with E-state index >= 15 is 0 Å². The van der Waals surface area contributed by atoms with Crippen LogP contribution in [-0.2, 0) is 0 Å². The zero-order valence-corrected chi connectivity index (χ0v) is 11.6. The molecule has 0 aliphatic heterocycles. The van der Waals surface area contributed by atoms with E-state index in [9.17, 15) is 14.7 Å². The van der Waals surface area contributed by atoms with Crippen LogP contribution in [0.3, 0.4) is 0 Å². The number of aryl methyl sites for hydroxylation is 1. The van der Waals surface area contributed by atoms with Gasteiger partial charge >= 0.3 is 0 Å². The van der Waals surface area contributed by atoms with Gasteiger partial charge in [0.25, 0.3) is 0 Å². The molecule has 102 valence electrons. The third-order valence-electron chi connectivity index (χ3n) is 2.92. The van der Waals surface area contributed by atoms with Crippen molar-refractivity contribution in [2.75, 3.05) is 0 Å². The molecule has 0 fully saturated rings. The SMILES string of the molecule is Cc1ccc(C(=O)CC(=O)c2cccc(Cl)c2)c(O)c1. The van der Waals surface area contributed by atoms with Crippen LogP contribution in [0.15, 0.2) is 42.5 Å². The molecule has 0 bridgehead atoms. The van der Waals surface area contributed by atoms with Crippen molar-refractivity contribution in [1.29, 1.82) is 0 Å². The Hall–Kier alpha value is -2.13. The maximum absolute atomic E-state index is 12.0. The molecule has 0 aliphatic rings. The summed E-state index contributed by atoms with van der Waals surface area (Å²) < 4.78 is 0. The summed E-state index contributed by atoms with van der Waals surface area (Å²) in [5.41, 5.74) is 1.39. The van der Waals surface area contributed by atoms with Crippen molar-refractivity contribution in [3.8, 4) is 5.75 Å². The minimum Gasteiger partial charge on any atom is -0.507 e. The Kier molecular flexibility index (Phi) is 4.20. The van der Waals surface area contributed by atoms with Crippen molar-refractivity contribution in [3.05, 3.63) is 64.2 Å². The van der Waals surface area contributed by atoms with Crippen molar-refractivity contribution in [1.82, 2.24) is 0 Å². The number of aromatic hydroxyl groups is 1. The fourth-order valence-electron chi connectivity index (χ4n) is 1.88. The summed E-state index contributed by atoms with van der Waals surface area (Å²) in [7, 11) is 0. The molecule has 3 nitrogen and oxygen atoms in total. The van der Waals surface area contributed by atoms with Crippen LogP contribution < -0.4 is 0 Å². The highest BCUT2D eigenvalue weighted by molar-refractivity contribution is 6.31. The van der Waals surface area contributed by atoms with Crippen molar-refractivity contribution in [2.24, 2.45) is 0 Å². The number of phenolic OH excluding ortho intramolecular Hbond substituents is 1. The van der Waals surface area contributed by atoms with E-state index in [0.29, 0.717) is 10.6 Å². The Morgan fingerprint density at radius 1 is 1.10 bits per heavy atom. The van der Waals surface area contributed by atoms with Crippen LogP contribution in [0.2, 0.25) is 5.02 Å². The molecule has 0 radical (unpaired) electrons. The van der Waals surface area contributed by atoms with E-state index in [4.69, 9.17) is 11.6 Å². The molecule has 0 saturated carbocycles. The number of phenols is 1. The molecule has 0 amide bonds. The van der Waals surface area contributed by atoms with E-state index < -0.39 is 5.78 Å². The number of carbonyl (C=O) groups excluding carboxylic acids is 2. The van der Waals surface area contributed by atoms with Gasteiger partial charge in [0, 0.05) is 10.6 Å². The number of carbonyl (C=O) groups is 2. The van der Waals surface area contributed by atoms with Gasteiger partial charge in [-0.1, -0.05) is 29.8 Å². The summed E-state index contributed by atoms with van der Waals surface area (Å²) in [4.78, 5) is 24.0. The average Bonchev–Trinajstić information content (AvgIpc) is 2.38. The molecule has 0 spiro atoms. The zero-order chi connectivity index (χ0) is 14.7. The monoisotopic (exact) mass is 288 g/mol. The number of hydrogen-bond donors (Lipinski definition) is 1. The van der Waals surface area contributed by atoms with E-state index in [2.05, 4.69) is 0 Å². The Balaban J connectivity index is 2.17. The molecule has 0 saturated heterocycles. The van der Waals surface area contributed by atoms with Gasteiger partial charge in [0.05, 0.1) is 12.0 Å². The Morgan fingerprint density at radius 3 is 2.50 bits per heavy atom. The van der Waals surface area contributed by atoms with E-state index in [1.54, 1.807) is 24.3 Å². The van der Waals surface area contributed by atoms with Gasteiger partial charge in [0.1, 0.15) is 5.75 Å². The number of halogens is 1. The van der Waals surface area contributed by atoms with E-state index in [-0.39, 0.29) is 23.5 Å². The normalized spacial score (nSPS) is 10.3. The van der Waals surface area contributed by atoms with Gasteiger partial charge in [-0.05, 0) is 36.8 Å². The second-order valence-electron chi connectivity index (χ2n) is 4.55. The molecule has 0 atom stereocenters. The van der Waals surface area contributed by atoms with E-state index in [1.165, 1.54) is 18.2 Å². The Bertz CT molecular complexity index is 677. The summed E-state index contributed by atoms with van der Waals surface area (Å²) in [5.74, 6) is -0.834. The van der Waals surface area contributed by atoms with Gasteiger partial charge in [-0.25, -0.2) is 0 Å². The molecule has 4 heteroatoms. The fourth-order valence-corrected chi connectivity index (χ4v) is 2.07. The van der Waals surface area contributed by atoms with E-state index in [1.807, 2.05) is 6.92 Å². The van der Waals surface area contributed by atoms with Crippen LogP contribution in [0, 0.1) is 6.92 Å². The third-order valence-corrected chi connectivity index (χ3v) is 3.16. The van der Waals surface area contributed by atoms with Gasteiger partial charge in [-0.3, -0.25) is 9.59 Å². The van der Waals surface area contributed by atoms with Gasteiger partial charge in [0.2, 0.25) is 0 Å². The van der Waals surface area contributed by atoms with Gasteiger partial charge in [-0.2, -0.15) is 0 Å². The molecule has 0 aromatic heterocycles. The van der Waals surface area contributed by atoms with Gasteiger partial charge < -0.3 is 5.11 Å². The summed E-state index contributed by atoms with van der Waals surface area (Å²) in [6.45, 7) is 1.81. The standard InChI is InChI=1S/C16H13ClO3/c1-10-5-6-13(15(19)7-10)16(20)9-14(18)11-3-2-4-12(17)8-11/h2-8,19H,9H2,1H3. The number of ketones is 2. The van der Waals surface area contributed by atoms with Gasteiger partial charge in [0.15, 0.2) is 11.6 Å². The number of benzene rings is 2. The highest BCUT2D eigenvalue weighted by Gasteiger charge is 2.16. The summed E-state index contributed by atoms with van der Waals surface area (Å²) in [5, 5.41) is 10.2. The third kappa shape index (κ3) is 3.25. The summed E-state index contributed by atoms with van der Waals surface area (Å²) in [6, 6.07) is 11.2. The predicted molar refractivity (Wildman–Crippen MR) is 77.6 cm³/mol. The van der Waals surface area contributed by atoms with Crippen LogP contribution in [0.5, 0.6) is 5.75 Å². The highest BCUT2D eigenvalue weighted by atomic mass is 35.5. The van der Waals surface area contributed by atoms with Crippen molar-refractivity contribution < 1.29 is 14.7 Å². The molecule has 2 aromatic carbocycles. The molecule has 2 rings (SSSR count). The largest absolute Gasteiger partial charge is 0.507 e. The smallest absolute Gasteiger partial charge is 0.174 e. The molecule has 1 N–H and O–H groups in total. The Labute approximate surface area is 121 Å². The van der Waals surface area contributed by atoms with E-state index in [0.717, 1.165) is 5.56 Å². The molecular formula is C16H13ClO3. The lowest BCUT2D eigenvalue weighted by atomic mass is 10.00. The van der Waals surface area contributed by atoms with Crippen molar-refractivity contribution >= 4 is 23.2 Å². The second-order valence-corrected chi connectivity index (χ2v) is 4.99. The van der Waals surface area contributed by atoms with Crippen molar-refractivity contribution in [2.45, 2.75) is 13.3 Å². The highest BCUT2D eigenvalue weighted by Crippen LogP contribution is 2.21. The lowest BCUT2D eigenvalue weighted by molar-refractivity contribution is 0.0893. The predicted octanol–water partition coefficient (Wildman–Crippen LogP) is 3.81. The molecule has 0 unspecified atom stereocenters. The number of rotatable bonds is 4.